The fourth-order valence-electron chi connectivity index (χ4n) is 5.87. The molecule has 6 N–H and O–H groups in total. The average Bonchev–Trinajstić information content (AvgIpc) is 3.03. The zero-order valence-electron chi connectivity index (χ0n) is 29.5. The molecule has 5 atom stereocenters. The first-order valence-electron chi connectivity index (χ1n) is 17.2. The predicted octanol–water partition coefficient (Wildman–Crippen LogP) is 4.50. The molecular formula is C40H54N4O5. The van der Waals surface area contributed by atoms with E-state index in [0.29, 0.717) is 19.3 Å². The number of carbonyl (C=O) groups is 4. The smallest absolute Gasteiger partial charge is 0.243 e. The lowest BCUT2D eigenvalue weighted by Gasteiger charge is -2.30. The second-order valence-corrected chi connectivity index (χ2v) is 14.6. The SMILES string of the molecule is CC(C)C[C@H](NC(=O)[C@@H](Cc1ccccc1)C[C@H](O)[C@H](Cc1ccccc1)NC(=O)CC(C)(C)C)C(=O)N[C@@H](Cc1ccccc1)C(N)=O. The number of rotatable bonds is 18. The summed E-state index contributed by atoms with van der Waals surface area (Å²) in [5.74, 6) is -2.43. The van der Waals surface area contributed by atoms with Crippen LogP contribution in [-0.4, -0.2) is 53.0 Å². The highest BCUT2D eigenvalue weighted by atomic mass is 16.3. The Balaban J connectivity index is 1.85. The fraction of sp³-hybridized carbons (Fsp3) is 0.450. The van der Waals surface area contributed by atoms with Gasteiger partial charge in [-0.3, -0.25) is 19.2 Å². The van der Waals surface area contributed by atoms with Gasteiger partial charge in [0.25, 0.3) is 0 Å². The number of amides is 4. The van der Waals surface area contributed by atoms with Crippen molar-refractivity contribution in [2.24, 2.45) is 23.0 Å². The number of carbonyl (C=O) groups excluding carboxylic acids is 4. The van der Waals surface area contributed by atoms with Gasteiger partial charge >= 0.3 is 0 Å². The summed E-state index contributed by atoms with van der Waals surface area (Å²) >= 11 is 0. The van der Waals surface area contributed by atoms with Gasteiger partial charge in [-0.2, -0.15) is 0 Å². The van der Waals surface area contributed by atoms with Gasteiger partial charge in [-0.05, 0) is 53.7 Å². The van der Waals surface area contributed by atoms with Crippen LogP contribution in [0, 0.1) is 17.3 Å². The van der Waals surface area contributed by atoms with Gasteiger partial charge in [0.2, 0.25) is 23.6 Å². The Morgan fingerprint density at radius 2 is 1.12 bits per heavy atom. The van der Waals surface area contributed by atoms with E-state index in [1.54, 1.807) is 0 Å². The summed E-state index contributed by atoms with van der Waals surface area (Å²) < 4.78 is 0. The zero-order chi connectivity index (χ0) is 36.0. The van der Waals surface area contributed by atoms with Gasteiger partial charge < -0.3 is 26.8 Å². The Bertz CT molecular complexity index is 1470. The summed E-state index contributed by atoms with van der Waals surface area (Å²) in [6.07, 6.45) is 0.498. The third kappa shape index (κ3) is 14.3. The molecule has 0 bridgehead atoms. The van der Waals surface area contributed by atoms with Crippen LogP contribution in [0.1, 0.15) is 70.6 Å². The van der Waals surface area contributed by atoms with E-state index in [0.717, 1.165) is 16.7 Å². The largest absolute Gasteiger partial charge is 0.391 e. The second kappa shape index (κ2) is 18.9. The lowest BCUT2D eigenvalue weighted by molar-refractivity contribution is -0.133. The van der Waals surface area contributed by atoms with E-state index in [9.17, 15) is 24.3 Å². The third-order valence-electron chi connectivity index (χ3n) is 8.30. The summed E-state index contributed by atoms with van der Waals surface area (Å²) in [4.78, 5) is 53.2. The number of nitrogens with one attached hydrogen (secondary N) is 3. The van der Waals surface area contributed by atoms with Crippen molar-refractivity contribution in [1.29, 1.82) is 0 Å². The van der Waals surface area contributed by atoms with Crippen molar-refractivity contribution >= 4 is 23.6 Å². The van der Waals surface area contributed by atoms with E-state index in [4.69, 9.17) is 5.73 Å². The molecular weight excluding hydrogens is 616 g/mol. The van der Waals surface area contributed by atoms with Crippen LogP contribution in [0.2, 0.25) is 0 Å². The number of nitrogens with two attached hydrogens (primary N) is 1. The quantitative estimate of drug-likeness (QED) is 0.135. The normalized spacial score (nSPS) is 14.6. The predicted molar refractivity (Wildman–Crippen MR) is 193 cm³/mol. The molecule has 3 aromatic rings. The Labute approximate surface area is 291 Å². The van der Waals surface area contributed by atoms with Crippen LogP contribution in [0.25, 0.3) is 0 Å². The molecule has 0 heterocycles. The fourth-order valence-corrected chi connectivity index (χ4v) is 5.87. The highest BCUT2D eigenvalue weighted by Gasteiger charge is 2.33. The number of aliphatic hydroxyl groups is 1. The molecule has 0 aromatic heterocycles. The molecule has 0 unspecified atom stereocenters. The lowest BCUT2D eigenvalue weighted by atomic mass is 9.87. The molecule has 9 heteroatoms. The van der Waals surface area contributed by atoms with Gasteiger partial charge in [0.1, 0.15) is 12.1 Å². The molecule has 0 saturated carbocycles. The Morgan fingerprint density at radius 3 is 1.59 bits per heavy atom. The zero-order valence-corrected chi connectivity index (χ0v) is 29.5. The van der Waals surface area contributed by atoms with Crippen molar-refractivity contribution in [1.82, 2.24) is 16.0 Å². The summed E-state index contributed by atoms with van der Waals surface area (Å²) in [5.41, 5.74) is 8.11. The van der Waals surface area contributed by atoms with Crippen LogP contribution in [0.3, 0.4) is 0 Å². The molecule has 0 aliphatic carbocycles. The van der Waals surface area contributed by atoms with E-state index >= 15 is 0 Å². The molecule has 4 amide bonds. The maximum atomic E-state index is 14.1. The molecule has 0 aliphatic rings. The van der Waals surface area contributed by atoms with Crippen LogP contribution >= 0.6 is 0 Å². The van der Waals surface area contributed by atoms with E-state index in [1.807, 2.05) is 126 Å². The van der Waals surface area contributed by atoms with Crippen LogP contribution in [0.15, 0.2) is 91.0 Å². The minimum Gasteiger partial charge on any atom is -0.391 e. The van der Waals surface area contributed by atoms with Gasteiger partial charge in [0, 0.05) is 18.8 Å². The molecule has 9 nitrogen and oxygen atoms in total. The standard InChI is InChI=1S/C40H54N4O5/c1-27(2)21-34(39(49)43-33(37(41)47)24-30-19-13-8-14-20-30)44-38(48)31(22-28-15-9-6-10-16-28)25-35(45)32(23-29-17-11-7-12-18-29)42-36(46)26-40(3,4)5/h6-20,27,31-35,45H,21-26H2,1-5H3,(H2,41,47)(H,42,46)(H,43,49)(H,44,48)/t31-,32-,33-,34-,35-/m0/s1. The molecule has 0 fully saturated rings. The number of aliphatic hydroxyl groups excluding tert-OH is 1. The molecule has 0 spiro atoms. The summed E-state index contributed by atoms with van der Waals surface area (Å²) in [5, 5.41) is 20.4. The molecule has 3 rings (SSSR count). The van der Waals surface area contributed by atoms with Gasteiger partial charge in [-0.15, -0.1) is 0 Å². The molecule has 0 aliphatic heterocycles. The van der Waals surface area contributed by atoms with Gasteiger partial charge in [-0.1, -0.05) is 126 Å². The van der Waals surface area contributed by atoms with Gasteiger partial charge in [0.05, 0.1) is 12.1 Å². The molecule has 0 radical (unpaired) electrons. The first kappa shape index (κ1) is 38.9. The molecule has 3 aromatic carbocycles. The monoisotopic (exact) mass is 670 g/mol. The number of primary amides is 1. The van der Waals surface area contributed by atoms with E-state index in [2.05, 4.69) is 16.0 Å². The van der Waals surface area contributed by atoms with Crippen molar-refractivity contribution < 1.29 is 24.3 Å². The highest BCUT2D eigenvalue weighted by molar-refractivity contribution is 5.92. The number of hydrogen-bond donors (Lipinski definition) is 5. The minimum atomic E-state index is -1.06. The maximum Gasteiger partial charge on any atom is 0.243 e. The second-order valence-electron chi connectivity index (χ2n) is 14.6. The van der Waals surface area contributed by atoms with Crippen LogP contribution < -0.4 is 21.7 Å². The first-order valence-corrected chi connectivity index (χ1v) is 17.2. The van der Waals surface area contributed by atoms with Crippen molar-refractivity contribution in [2.45, 2.75) is 97.4 Å². The van der Waals surface area contributed by atoms with Gasteiger partial charge in [-0.25, -0.2) is 0 Å². The lowest BCUT2D eigenvalue weighted by Crippen LogP contribution is -2.55. The average molecular weight is 671 g/mol. The molecule has 49 heavy (non-hydrogen) atoms. The Hall–Kier alpha value is -4.50. The van der Waals surface area contributed by atoms with Crippen LogP contribution in [-0.2, 0) is 38.4 Å². The van der Waals surface area contributed by atoms with E-state index in [-0.39, 0.29) is 36.5 Å². The third-order valence-corrected chi connectivity index (χ3v) is 8.30. The van der Waals surface area contributed by atoms with Crippen molar-refractivity contribution in [2.75, 3.05) is 0 Å². The first-order chi connectivity index (χ1) is 23.2. The van der Waals surface area contributed by atoms with Crippen LogP contribution in [0.5, 0.6) is 0 Å². The summed E-state index contributed by atoms with van der Waals surface area (Å²) in [7, 11) is 0. The van der Waals surface area contributed by atoms with Crippen molar-refractivity contribution in [3.8, 4) is 0 Å². The highest BCUT2D eigenvalue weighted by Crippen LogP contribution is 2.22. The van der Waals surface area contributed by atoms with Crippen molar-refractivity contribution in [3.05, 3.63) is 108 Å². The topological polar surface area (TPSA) is 151 Å². The number of hydrogen-bond acceptors (Lipinski definition) is 5. The minimum absolute atomic E-state index is 0.0436. The van der Waals surface area contributed by atoms with Gasteiger partial charge in [0.15, 0.2) is 0 Å². The van der Waals surface area contributed by atoms with Crippen molar-refractivity contribution in [3.63, 3.8) is 0 Å². The Morgan fingerprint density at radius 1 is 0.653 bits per heavy atom. The summed E-state index contributed by atoms with van der Waals surface area (Å²) in [6, 6.07) is 25.8. The molecule has 264 valence electrons. The Kier molecular flexibility index (Phi) is 15.0. The summed E-state index contributed by atoms with van der Waals surface area (Å²) in [6.45, 7) is 9.83. The maximum absolute atomic E-state index is 14.1. The van der Waals surface area contributed by atoms with E-state index < -0.39 is 47.9 Å². The molecule has 0 saturated heterocycles. The van der Waals surface area contributed by atoms with Crippen LogP contribution in [0.4, 0.5) is 0 Å². The number of benzene rings is 3. The van der Waals surface area contributed by atoms with E-state index in [1.165, 1.54) is 0 Å².